The second-order valence-electron chi connectivity index (χ2n) is 3.49. The Bertz CT molecular complexity index is 160. The summed E-state index contributed by atoms with van der Waals surface area (Å²) in [5.74, 6) is 0. The van der Waals surface area contributed by atoms with Crippen molar-refractivity contribution in [3.63, 3.8) is 0 Å². The molecule has 0 heterocycles. The van der Waals surface area contributed by atoms with E-state index >= 15 is 0 Å². The van der Waals surface area contributed by atoms with Crippen LogP contribution in [0.25, 0.3) is 0 Å². The zero-order valence-electron chi connectivity index (χ0n) is 8.13. The van der Waals surface area contributed by atoms with Gasteiger partial charge in [0.25, 0.3) is 0 Å². The molecule has 0 rings (SSSR count). The molecule has 0 aliphatic rings. The van der Waals surface area contributed by atoms with Crippen molar-refractivity contribution in [1.29, 1.82) is 5.26 Å². The van der Waals surface area contributed by atoms with Gasteiger partial charge < -0.3 is 10.5 Å². The van der Waals surface area contributed by atoms with Gasteiger partial charge in [0.1, 0.15) is 0 Å². The lowest BCUT2D eigenvalue weighted by Crippen LogP contribution is -2.27. The molecule has 3 heteroatoms. The van der Waals surface area contributed by atoms with Crippen LogP contribution in [-0.2, 0) is 4.74 Å². The van der Waals surface area contributed by atoms with Gasteiger partial charge in [-0.25, -0.2) is 0 Å². The quantitative estimate of drug-likeness (QED) is 0.679. The largest absolute Gasteiger partial charge is 0.375 e. The van der Waals surface area contributed by atoms with Gasteiger partial charge in [-0.3, -0.25) is 0 Å². The Hall–Kier alpha value is -0.590. The molecule has 2 N–H and O–H groups in total. The van der Waals surface area contributed by atoms with Gasteiger partial charge in [0.05, 0.1) is 17.7 Å². The second kappa shape index (κ2) is 5.13. The fourth-order valence-electron chi connectivity index (χ4n) is 0.629. The van der Waals surface area contributed by atoms with E-state index in [4.69, 9.17) is 15.7 Å². The average Bonchev–Trinajstić information content (AvgIpc) is 2.04. The third kappa shape index (κ3) is 5.11. The molecular weight excluding hydrogens is 152 g/mol. The molecule has 0 aromatic rings. The lowest BCUT2D eigenvalue weighted by molar-refractivity contribution is -0.0215. The monoisotopic (exact) mass is 170 g/mol. The van der Waals surface area contributed by atoms with Crippen LogP contribution in [0.15, 0.2) is 0 Å². The van der Waals surface area contributed by atoms with Crippen molar-refractivity contribution >= 4 is 0 Å². The van der Waals surface area contributed by atoms with Gasteiger partial charge in [-0.15, -0.1) is 0 Å². The van der Waals surface area contributed by atoms with E-state index in [9.17, 15) is 0 Å². The molecule has 0 aliphatic heterocycles. The van der Waals surface area contributed by atoms with Crippen LogP contribution in [0.3, 0.4) is 0 Å². The molecule has 0 saturated carbocycles. The average molecular weight is 170 g/mol. The van der Waals surface area contributed by atoms with Crippen LogP contribution in [0.2, 0.25) is 0 Å². The van der Waals surface area contributed by atoms with Crippen molar-refractivity contribution in [1.82, 2.24) is 0 Å². The number of hydrogen-bond acceptors (Lipinski definition) is 3. The predicted octanol–water partition coefficient (Wildman–Crippen LogP) is 1.43. The Labute approximate surface area is 74.5 Å². The van der Waals surface area contributed by atoms with E-state index in [-0.39, 0.29) is 5.60 Å². The molecule has 0 saturated heterocycles. The van der Waals surface area contributed by atoms with Crippen LogP contribution in [0.5, 0.6) is 0 Å². The summed E-state index contributed by atoms with van der Waals surface area (Å²) in [7, 11) is 0. The highest BCUT2D eigenvalue weighted by Crippen LogP contribution is 2.13. The zero-order valence-corrected chi connectivity index (χ0v) is 8.13. The van der Waals surface area contributed by atoms with Crippen LogP contribution < -0.4 is 5.73 Å². The maximum Gasteiger partial charge on any atom is 0.0950 e. The predicted molar refractivity (Wildman–Crippen MR) is 48.5 cm³/mol. The molecule has 3 nitrogen and oxygen atoms in total. The first-order chi connectivity index (χ1) is 5.52. The highest BCUT2D eigenvalue weighted by molar-refractivity contribution is 4.86. The molecular formula is C9H18N2O. The van der Waals surface area contributed by atoms with Crippen LogP contribution in [0, 0.1) is 11.3 Å². The lowest BCUT2D eigenvalue weighted by atomic mass is 10.1. The maximum absolute atomic E-state index is 8.39. The highest BCUT2D eigenvalue weighted by Gasteiger charge is 2.15. The van der Waals surface area contributed by atoms with E-state index < -0.39 is 6.04 Å². The molecule has 0 aromatic heterocycles. The van der Waals surface area contributed by atoms with Crippen molar-refractivity contribution in [3.8, 4) is 6.07 Å². The molecule has 0 radical (unpaired) electrons. The summed E-state index contributed by atoms with van der Waals surface area (Å²) in [5.41, 5.74) is 5.31. The van der Waals surface area contributed by atoms with Crippen LogP contribution in [0.4, 0.5) is 0 Å². The van der Waals surface area contributed by atoms with Gasteiger partial charge in [0, 0.05) is 6.61 Å². The summed E-state index contributed by atoms with van der Waals surface area (Å²) < 4.78 is 5.52. The Morgan fingerprint density at radius 3 is 2.58 bits per heavy atom. The van der Waals surface area contributed by atoms with Crippen LogP contribution in [0.1, 0.15) is 33.6 Å². The van der Waals surface area contributed by atoms with Crippen molar-refractivity contribution in [2.45, 2.75) is 45.3 Å². The molecule has 0 spiro atoms. The van der Waals surface area contributed by atoms with Crippen molar-refractivity contribution in [2.75, 3.05) is 6.61 Å². The van der Waals surface area contributed by atoms with E-state index in [0.29, 0.717) is 13.0 Å². The first-order valence-corrected chi connectivity index (χ1v) is 4.31. The van der Waals surface area contributed by atoms with Gasteiger partial charge in [-0.1, -0.05) is 6.92 Å². The van der Waals surface area contributed by atoms with Crippen molar-refractivity contribution < 1.29 is 4.74 Å². The van der Waals surface area contributed by atoms with E-state index in [1.807, 2.05) is 19.9 Å². The molecule has 0 bridgehead atoms. The number of ether oxygens (including phenoxy) is 1. The summed E-state index contributed by atoms with van der Waals surface area (Å²) in [5, 5.41) is 8.39. The Morgan fingerprint density at radius 2 is 2.17 bits per heavy atom. The maximum atomic E-state index is 8.39. The number of nitriles is 1. The third-order valence-electron chi connectivity index (χ3n) is 1.94. The summed E-state index contributed by atoms with van der Waals surface area (Å²) in [6, 6.07) is 1.58. The van der Waals surface area contributed by atoms with Gasteiger partial charge in [0.15, 0.2) is 0 Å². The van der Waals surface area contributed by atoms with Gasteiger partial charge >= 0.3 is 0 Å². The first kappa shape index (κ1) is 11.4. The molecule has 0 amide bonds. The molecule has 0 aromatic carbocycles. The molecule has 1 atom stereocenters. The number of rotatable bonds is 5. The smallest absolute Gasteiger partial charge is 0.0950 e. The first-order valence-electron chi connectivity index (χ1n) is 4.31. The minimum absolute atomic E-state index is 0.0881. The number of nitrogens with zero attached hydrogens (tertiary/aromatic N) is 1. The van der Waals surface area contributed by atoms with Crippen molar-refractivity contribution in [3.05, 3.63) is 0 Å². The minimum Gasteiger partial charge on any atom is -0.375 e. The van der Waals surface area contributed by atoms with E-state index in [1.54, 1.807) is 0 Å². The lowest BCUT2D eigenvalue weighted by Gasteiger charge is -2.23. The number of nitrogens with two attached hydrogens (primary N) is 1. The SMILES string of the molecule is CCC(C)(C)OCCC(N)C#N. The van der Waals surface area contributed by atoms with Crippen molar-refractivity contribution in [2.24, 2.45) is 5.73 Å². The fourth-order valence-corrected chi connectivity index (χ4v) is 0.629. The van der Waals surface area contributed by atoms with Crippen LogP contribution in [-0.4, -0.2) is 18.2 Å². The minimum atomic E-state index is -0.391. The van der Waals surface area contributed by atoms with Gasteiger partial charge in [0.2, 0.25) is 0 Å². The van der Waals surface area contributed by atoms with Crippen LogP contribution >= 0.6 is 0 Å². The Balaban J connectivity index is 3.51. The van der Waals surface area contributed by atoms with E-state index in [1.165, 1.54) is 0 Å². The molecule has 12 heavy (non-hydrogen) atoms. The molecule has 70 valence electrons. The van der Waals surface area contributed by atoms with Gasteiger partial charge in [-0.05, 0) is 26.7 Å². The van der Waals surface area contributed by atoms with E-state index in [2.05, 4.69) is 6.92 Å². The Morgan fingerprint density at radius 1 is 1.58 bits per heavy atom. The zero-order chi connectivity index (χ0) is 9.61. The van der Waals surface area contributed by atoms with Gasteiger partial charge in [-0.2, -0.15) is 5.26 Å². The summed E-state index contributed by atoms with van der Waals surface area (Å²) in [4.78, 5) is 0. The normalized spacial score (nSPS) is 13.9. The summed E-state index contributed by atoms with van der Waals surface area (Å²) in [6.45, 7) is 6.70. The molecule has 1 unspecified atom stereocenters. The second-order valence-corrected chi connectivity index (χ2v) is 3.49. The summed E-state index contributed by atoms with van der Waals surface area (Å²) >= 11 is 0. The number of hydrogen-bond donors (Lipinski definition) is 1. The fraction of sp³-hybridized carbons (Fsp3) is 0.889. The third-order valence-corrected chi connectivity index (χ3v) is 1.94. The topological polar surface area (TPSA) is 59.0 Å². The standard InChI is InChI=1S/C9H18N2O/c1-4-9(2,3)12-6-5-8(11)7-10/h8H,4-6,11H2,1-3H3. The Kier molecular flexibility index (Phi) is 4.87. The molecule has 0 fully saturated rings. The highest BCUT2D eigenvalue weighted by atomic mass is 16.5. The molecule has 0 aliphatic carbocycles. The van der Waals surface area contributed by atoms with E-state index in [0.717, 1.165) is 6.42 Å². The summed E-state index contributed by atoms with van der Waals surface area (Å²) in [6.07, 6.45) is 1.58.